The van der Waals surface area contributed by atoms with Gasteiger partial charge in [0.25, 0.3) is 0 Å². The minimum absolute atomic E-state index is 0. The number of nitrogens with zero attached hydrogens (tertiary/aromatic N) is 2. The van der Waals surface area contributed by atoms with Gasteiger partial charge in [-0.3, -0.25) is 9.98 Å². The van der Waals surface area contributed by atoms with Gasteiger partial charge < -0.3 is 10.2 Å². The van der Waals surface area contributed by atoms with Crippen LogP contribution in [0.4, 0.5) is 0 Å². The van der Waals surface area contributed by atoms with Crippen molar-refractivity contribution in [2.75, 3.05) is 0 Å². The fraction of sp³-hybridized carbons (Fsp3) is 0.622. The van der Waals surface area contributed by atoms with Gasteiger partial charge >= 0.3 is 0 Å². The van der Waals surface area contributed by atoms with Crippen LogP contribution in [0.5, 0.6) is 11.5 Å². The van der Waals surface area contributed by atoms with Gasteiger partial charge in [0, 0.05) is 51.5 Å². The van der Waals surface area contributed by atoms with E-state index in [1.807, 2.05) is 12.4 Å². The maximum absolute atomic E-state index is 11.2. The van der Waals surface area contributed by atoms with Crippen LogP contribution in [0.25, 0.3) is 0 Å². The molecule has 1 fully saturated rings. The summed E-state index contributed by atoms with van der Waals surface area (Å²) < 4.78 is 0. The van der Waals surface area contributed by atoms with Gasteiger partial charge in [0.05, 0.1) is 12.1 Å². The number of benzene rings is 2. The van der Waals surface area contributed by atoms with Crippen molar-refractivity contribution in [2.45, 2.75) is 150 Å². The zero-order valence-corrected chi connectivity index (χ0v) is 28.6. The second-order valence-electron chi connectivity index (χ2n) is 15.9. The molecular formula is C37H58CoN2O2. The third-order valence-corrected chi connectivity index (χ3v) is 8.13. The molecule has 0 unspecified atom stereocenters. The van der Waals surface area contributed by atoms with E-state index < -0.39 is 0 Å². The topological polar surface area (TPSA) is 65.2 Å². The fourth-order valence-corrected chi connectivity index (χ4v) is 5.31. The van der Waals surface area contributed by atoms with Crippen LogP contribution < -0.4 is 0 Å². The zero-order valence-electron chi connectivity index (χ0n) is 27.6. The summed E-state index contributed by atoms with van der Waals surface area (Å²) in [6, 6.07) is 8.53. The second kappa shape index (κ2) is 13.7. The molecule has 0 aromatic heterocycles. The molecule has 2 N–H and O–H groups in total. The minimum atomic E-state index is -0.179. The Kier molecular flexibility index (Phi) is 12.3. The molecule has 2 aromatic carbocycles. The first-order valence-corrected chi connectivity index (χ1v) is 15.0. The Labute approximate surface area is 267 Å². The predicted octanol–water partition coefficient (Wildman–Crippen LogP) is 9.77. The van der Waals surface area contributed by atoms with Gasteiger partial charge in [0.15, 0.2) is 0 Å². The Morgan fingerprint density at radius 1 is 0.571 bits per heavy atom. The van der Waals surface area contributed by atoms with Gasteiger partial charge in [-0.15, -0.1) is 0 Å². The summed E-state index contributed by atoms with van der Waals surface area (Å²) in [5.74, 6) is 0.637. The summed E-state index contributed by atoms with van der Waals surface area (Å²) in [5, 5.41) is 22.5. The van der Waals surface area contributed by atoms with E-state index in [0.29, 0.717) is 11.5 Å². The van der Waals surface area contributed by atoms with E-state index in [0.717, 1.165) is 47.9 Å². The Hall–Kier alpha value is -2.11. The Balaban J connectivity index is 0.00000441. The van der Waals surface area contributed by atoms with E-state index in [4.69, 9.17) is 9.98 Å². The van der Waals surface area contributed by atoms with Crippen molar-refractivity contribution >= 4 is 12.4 Å². The quantitative estimate of drug-likeness (QED) is 0.334. The van der Waals surface area contributed by atoms with Crippen molar-refractivity contribution in [3.63, 3.8) is 0 Å². The molecule has 1 saturated carbocycles. The van der Waals surface area contributed by atoms with Gasteiger partial charge in [-0.1, -0.05) is 115 Å². The number of aromatic hydroxyl groups is 2. The Bertz CT molecular complexity index is 1170. The molecule has 0 amide bonds. The number of hydrogen-bond donors (Lipinski definition) is 2. The molecule has 0 spiro atoms. The standard InChI is InChI=1S/C36H54N2O2.CH4.Co/c1-33(2,3)25-17-23(31(39)27(19-25)35(7,8)9)21-37-29-15-13-14-16-30(29)38-22-24-18-26(34(4,5)6)20-28(32(24)40)36(10,11)12;;/h17-22,29-30,39-40H,13-16H2,1-12H3;1H4;/t29-,30-;;/m1../s1. The van der Waals surface area contributed by atoms with Crippen molar-refractivity contribution in [3.8, 4) is 11.5 Å². The van der Waals surface area contributed by atoms with Gasteiger partial charge in [-0.2, -0.15) is 0 Å². The molecule has 4 nitrogen and oxygen atoms in total. The summed E-state index contributed by atoms with van der Waals surface area (Å²) in [6.07, 6.45) is 7.90. The molecule has 3 rings (SSSR count). The largest absolute Gasteiger partial charge is 0.507 e. The van der Waals surface area contributed by atoms with E-state index in [2.05, 4.69) is 107 Å². The number of rotatable bonds is 4. The first-order chi connectivity index (χ1) is 18.2. The van der Waals surface area contributed by atoms with Crippen LogP contribution in [0.15, 0.2) is 34.3 Å². The predicted molar refractivity (Wildman–Crippen MR) is 179 cm³/mol. The maximum atomic E-state index is 11.2. The number of hydrogen-bond acceptors (Lipinski definition) is 4. The first kappa shape index (κ1) is 37.9. The Morgan fingerprint density at radius 3 is 1.14 bits per heavy atom. The van der Waals surface area contributed by atoms with E-state index in [1.165, 1.54) is 11.1 Å². The van der Waals surface area contributed by atoms with Crippen LogP contribution >= 0.6 is 0 Å². The van der Waals surface area contributed by atoms with Gasteiger partial charge in [-0.05, 0) is 57.8 Å². The molecular weight excluding hydrogens is 563 g/mol. The normalized spacial score (nSPS) is 18.7. The van der Waals surface area contributed by atoms with Crippen LogP contribution in [0.1, 0.15) is 150 Å². The first-order valence-electron chi connectivity index (χ1n) is 15.0. The molecule has 0 bridgehead atoms. The molecule has 2 atom stereocenters. The summed E-state index contributed by atoms with van der Waals surface area (Å²) in [4.78, 5) is 10.1. The fourth-order valence-electron chi connectivity index (χ4n) is 5.31. The molecule has 237 valence electrons. The summed E-state index contributed by atoms with van der Waals surface area (Å²) in [5.41, 5.74) is 5.39. The third-order valence-electron chi connectivity index (χ3n) is 8.13. The van der Waals surface area contributed by atoms with E-state index in [-0.39, 0.29) is 57.9 Å². The number of phenols is 2. The van der Waals surface area contributed by atoms with Crippen molar-refractivity contribution in [1.29, 1.82) is 0 Å². The monoisotopic (exact) mass is 621 g/mol. The molecule has 5 heteroatoms. The van der Waals surface area contributed by atoms with Crippen LogP contribution in [0.3, 0.4) is 0 Å². The molecule has 42 heavy (non-hydrogen) atoms. The van der Waals surface area contributed by atoms with Crippen LogP contribution in [-0.4, -0.2) is 34.7 Å². The number of aliphatic imine (C=N–C) groups is 2. The van der Waals surface area contributed by atoms with Crippen LogP contribution in [0, 0.1) is 0 Å². The smallest absolute Gasteiger partial charge is 0.128 e. The minimum Gasteiger partial charge on any atom is -0.507 e. The SMILES string of the molecule is C.CC(C)(C)c1cc(C=N[C@@H]2CCCC[C@H]2N=Cc2cc(C(C)(C)C)cc(C(C)(C)C)c2O)c(O)c(C(C)(C)C)c1.[Co]. The van der Waals surface area contributed by atoms with Crippen molar-refractivity contribution < 1.29 is 27.0 Å². The maximum Gasteiger partial charge on any atom is 0.128 e. The molecule has 1 radical (unpaired) electrons. The van der Waals surface area contributed by atoms with E-state index in [1.54, 1.807) is 0 Å². The van der Waals surface area contributed by atoms with Crippen molar-refractivity contribution in [3.05, 3.63) is 57.6 Å². The van der Waals surface area contributed by atoms with Crippen molar-refractivity contribution in [1.82, 2.24) is 0 Å². The average molecular weight is 622 g/mol. The van der Waals surface area contributed by atoms with Crippen LogP contribution in [0.2, 0.25) is 0 Å². The summed E-state index contributed by atoms with van der Waals surface area (Å²) >= 11 is 0. The van der Waals surface area contributed by atoms with Crippen molar-refractivity contribution in [2.24, 2.45) is 9.98 Å². The molecule has 0 saturated heterocycles. The Morgan fingerprint density at radius 2 is 0.881 bits per heavy atom. The zero-order chi connectivity index (χ0) is 30.3. The summed E-state index contributed by atoms with van der Waals surface area (Å²) in [7, 11) is 0. The van der Waals surface area contributed by atoms with E-state index >= 15 is 0 Å². The number of phenolic OH excluding ortho intramolecular Hbond substituents is 2. The molecule has 2 aromatic rings. The van der Waals surface area contributed by atoms with Gasteiger partial charge in [0.2, 0.25) is 0 Å². The average Bonchev–Trinajstić information content (AvgIpc) is 2.80. The van der Waals surface area contributed by atoms with E-state index in [9.17, 15) is 10.2 Å². The molecule has 0 heterocycles. The third kappa shape index (κ3) is 9.19. The second-order valence-corrected chi connectivity index (χ2v) is 15.9. The van der Waals surface area contributed by atoms with Gasteiger partial charge in [0.1, 0.15) is 11.5 Å². The van der Waals surface area contributed by atoms with Crippen LogP contribution in [-0.2, 0) is 38.4 Å². The summed E-state index contributed by atoms with van der Waals surface area (Å²) in [6.45, 7) is 26.0. The molecule has 0 aliphatic heterocycles. The molecule has 1 aliphatic rings. The molecule has 1 aliphatic carbocycles. The van der Waals surface area contributed by atoms with Gasteiger partial charge in [-0.25, -0.2) is 0 Å².